The number of sulfonamides is 1. The molecule has 0 saturated heterocycles. The molecule has 0 aliphatic heterocycles. The number of hydrogen-bond donors (Lipinski definition) is 1. The van der Waals surface area contributed by atoms with Gasteiger partial charge in [-0.15, -0.1) is 0 Å². The van der Waals surface area contributed by atoms with Crippen LogP contribution in [0.3, 0.4) is 0 Å². The zero-order chi connectivity index (χ0) is 30.0. The van der Waals surface area contributed by atoms with E-state index < -0.39 is 16.1 Å². The molecule has 3 rings (SSSR count). The first-order chi connectivity index (χ1) is 19.5. The van der Waals surface area contributed by atoms with E-state index in [2.05, 4.69) is 21.2 Å². The van der Waals surface area contributed by atoms with E-state index in [-0.39, 0.29) is 48.5 Å². The van der Waals surface area contributed by atoms with E-state index in [1.54, 1.807) is 11.0 Å². The quantitative estimate of drug-likeness (QED) is 0.211. The summed E-state index contributed by atoms with van der Waals surface area (Å²) in [6.07, 6.45) is 2.41. The molecule has 7 nitrogen and oxygen atoms in total. The van der Waals surface area contributed by atoms with Gasteiger partial charge >= 0.3 is 0 Å². The molecule has 0 spiro atoms. The number of anilines is 1. The van der Waals surface area contributed by atoms with Crippen LogP contribution in [0.25, 0.3) is 0 Å². The van der Waals surface area contributed by atoms with E-state index >= 15 is 0 Å². The van der Waals surface area contributed by atoms with Crippen molar-refractivity contribution in [2.24, 2.45) is 0 Å². The first-order valence-electron chi connectivity index (χ1n) is 13.3. The maximum Gasteiger partial charge on any atom is 0.243 e. The monoisotopic (exact) mass is 681 g/mol. The molecule has 0 unspecified atom stereocenters. The minimum atomic E-state index is -3.71. The Bertz CT molecular complexity index is 1440. The minimum absolute atomic E-state index is 0.0146. The number of hydrogen-bond acceptors (Lipinski definition) is 4. The Morgan fingerprint density at radius 3 is 2.34 bits per heavy atom. The predicted molar refractivity (Wildman–Crippen MR) is 170 cm³/mol. The molecular formula is C30H34BrCl2N3O4S. The number of carbonyl (C=O) groups is 2. The fraction of sp³-hybridized carbons (Fsp3) is 0.333. The summed E-state index contributed by atoms with van der Waals surface area (Å²) in [5.41, 5.74) is 2.04. The minimum Gasteiger partial charge on any atom is -0.354 e. The molecular weight excluding hydrogens is 649 g/mol. The molecule has 0 radical (unpaired) electrons. The molecule has 3 aromatic carbocycles. The molecule has 2 amide bonds. The van der Waals surface area contributed by atoms with Crippen LogP contribution in [0.5, 0.6) is 0 Å². The van der Waals surface area contributed by atoms with E-state index in [1.807, 2.05) is 61.5 Å². The lowest BCUT2D eigenvalue weighted by atomic mass is 10.0. The van der Waals surface area contributed by atoms with Gasteiger partial charge in [0.05, 0.1) is 17.0 Å². The Hall–Kier alpha value is -2.59. The van der Waals surface area contributed by atoms with Crippen molar-refractivity contribution in [3.05, 3.63) is 98.4 Å². The summed E-state index contributed by atoms with van der Waals surface area (Å²) >= 11 is 15.9. The highest BCUT2D eigenvalue weighted by Gasteiger charge is 2.30. The van der Waals surface area contributed by atoms with Crippen LogP contribution < -0.4 is 9.62 Å². The van der Waals surface area contributed by atoms with Crippen LogP contribution in [0.1, 0.15) is 37.3 Å². The van der Waals surface area contributed by atoms with Crippen molar-refractivity contribution in [1.82, 2.24) is 10.2 Å². The van der Waals surface area contributed by atoms with Crippen LogP contribution in [0.2, 0.25) is 10.0 Å². The van der Waals surface area contributed by atoms with Gasteiger partial charge in [0, 0.05) is 42.0 Å². The summed E-state index contributed by atoms with van der Waals surface area (Å²) in [6, 6.07) is 21.0. The zero-order valence-electron chi connectivity index (χ0n) is 23.0. The van der Waals surface area contributed by atoms with Crippen LogP contribution in [-0.2, 0) is 32.6 Å². The van der Waals surface area contributed by atoms with Crippen molar-refractivity contribution in [2.45, 2.75) is 45.2 Å². The van der Waals surface area contributed by atoms with E-state index in [9.17, 15) is 18.0 Å². The summed E-state index contributed by atoms with van der Waals surface area (Å²) in [5.74, 6) is -0.495. The Balaban J connectivity index is 1.89. The highest BCUT2D eigenvalue weighted by atomic mass is 79.9. The third-order valence-electron chi connectivity index (χ3n) is 6.39. The highest BCUT2D eigenvalue weighted by molar-refractivity contribution is 9.10. The number of carbonyl (C=O) groups excluding carboxylic acids is 2. The SMILES string of the molecule is CCCNC(=O)[C@H](Cc1ccccc1)N(Cc1cccc(Br)c1)C(=O)CCCN(c1cc(Cl)ccc1Cl)S(C)(=O)=O. The van der Waals surface area contributed by atoms with Crippen LogP contribution in [0.15, 0.2) is 77.3 Å². The average Bonchev–Trinajstić information content (AvgIpc) is 2.93. The largest absolute Gasteiger partial charge is 0.354 e. The van der Waals surface area contributed by atoms with Gasteiger partial charge in [0.2, 0.25) is 21.8 Å². The van der Waals surface area contributed by atoms with E-state index in [1.165, 1.54) is 12.1 Å². The van der Waals surface area contributed by atoms with Gasteiger partial charge in [-0.1, -0.05) is 88.5 Å². The summed E-state index contributed by atoms with van der Waals surface area (Å²) in [7, 11) is -3.71. The van der Waals surface area contributed by atoms with Crippen LogP contribution in [0.4, 0.5) is 5.69 Å². The maximum absolute atomic E-state index is 13.9. The number of halogens is 3. The lowest BCUT2D eigenvalue weighted by Gasteiger charge is -2.32. The van der Waals surface area contributed by atoms with Gasteiger partial charge in [-0.05, 0) is 54.3 Å². The van der Waals surface area contributed by atoms with Gasteiger partial charge in [0.25, 0.3) is 0 Å². The van der Waals surface area contributed by atoms with Gasteiger partial charge in [0.15, 0.2) is 0 Å². The third kappa shape index (κ3) is 10.0. The standard InChI is InChI=1S/C30H34BrCl2N3O4S/c1-3-16-34-30(38)28(19-22-9-5-4-6-10-22)35(21-23-11-7-12-24(31)18-23)29(37)13-8-17-36(41(2,39)40)27-20-25(32)14-15-26(27)33/h4-7,9-12,14-15,18,20,28H,3,8,13,16-17,19,21H2,1-2H3,(H,34,38)/t28-/m0/s1. The van der Waals surface area contributed by atoms with E-state index in [0.717, 1.165) is 32.6 Å². The number of nitrogens with zero attached hydrogens (tertiary/aromatic N) is 2. The van der Waals surface area contributed by atoms with Crippen LogP contribution >= 0.6 is 39.1 Å². The second kappa shape index (κ2) is 15.6. The van der Waals surface area contributed by atoms with Crippen molar-refractivity contribution >= 4 is 66.7 Å². The van der Waals surface area contributed by atoms with E-state index in [0.29, 0.717) is 18.0 Å². The Morgan fingerprint density at radius 1 is 0.976 bits per heavy atom. The Labute approximate surface area is 261 Å². The van der Waals surface area contributed by atoms with Gasteiger partial charge in [0.1, 0.15) is 6.04 Å². The molecule has 0 heterocycles. The molecule has 11 heteroatoms. The number of benzene rings is 3. The van der Waals surface area contributed by atoms with Crippen molar-refractivity contribution in [2.75, 3.05) is 23.7 Å². The normalized spacial score (nSPS) is 12.0. The molecule has 1 atom stereocenters. The summed E-state index contributed by atoms with van der Waals surface area (Å²) in [4.78, 5) is 28.9. The molecule has 1 N–H and O–H groups in total. The molecule has 0 aromatic heterocycles. The molecule has 0 bridgehead atoms. The summed E-state index contributed by atoms with van der Waals surface area (Å²) in [6.45, 7) is 2.69. The van der Waals surface area contributed by atoms with Crippen molar-refractivity contribution in [3.63, 3.8) is 0 Å². The number of nitrogens with one attached hydrogen (secondary N) is 1. The van der Waals surface area contributed by atoms with Gasteiger partial charge in [-0.25, -0.2) is 8.42 Å². The molecule has 220 valence electrons. The van der Waals surface area contributed by atoms with Crippen LogP contribution in [-0.4, -0.2) is 50.5 Å². The number of rotatable bonds is 14. The lowest BCUT2D eigenvalue weighted by molar-refractivity contribution is -0.141. The third-order valence-corrected chi connectivity index (χ3v) is 8.62. The molecule has 0 saturated carbocycles. The molecule has 0 aliphatic carbocycles. The second-order valence-corrected chi connectivity index (χ2v) is 13.3. The summed E-state index contributed by atoms with van der Waals surface area (Å²) < 4.78 is 27.3. The summed E-state index contributed by atoms with van der Waals surface area (Å²) in [5, 5.41) is 3.53. The fourth-order valence-corrected chi connectivity index (χ4v) is 6.26. The average molecular weight is 683 g/mol. The fourth-order valence-electron chi connectivity index (χ4n) is 4.41. The molecule has 3 aromatic rings. The smallest absolute Gasteiger partial charge is 0.243 e. The Kier molecular flexibility index (Phi) is 12.5. The Morgan fingerprint density at radius 2 is 1.68 bits per heavy atom. The first-order valence-corrected chi connectivity index (χ1v) is 16.7. The molecule has 0 fully saturated rings. The van der Waals surface area contributed by atoms with Gasteiger partial charge < -0.3 is 10.2 Å². The zero-order valence-corrected chi connectivity index (χ0v) is 26.9. The van der Waals surface area contributed by atoms with Crippen LogP contribution in [0, 0.1) is 0 Å². The lowest BCUT2D eigenvalue weighted by Crippen LogP contribution is -2.50. The predicted octanol–water partition coefficient (Wildman–Crippen LogP) is 6.47. The number of amides is 2. The molecule has 41 heavy (non-hydrogen) atoms. The second-order valence-electron chi connectivity index (χ2n) is 9.68. The first kappa shape index (κ1) is 32.9. The highest BCUT2D eigenvalue weighted by Crippen LogP contribution is 2.31. The van der Waals surface area contributed by atoms with Crippen molar-refractivity contribution in [3.8, 4) is 0 Å². The van der Waals surface area contributed by atoms with Gasteiger partial charge in [-0.2, -0.15) is 0 Å². The van der Waals surface area contributed by atoms with Gasteiger partial charge in [-0.3, -0.25) is 13.9 Å². The van der Waals surface area contributed by atoms with Crippen molar-refractivity contribution in [1.29, 1.82) is 0 Å². The van der Waals surface area contributed by atoms with Crippen molar-refractivity contribution < 1.29 is 18.0 Å². The topological polar surface area (TPSA) is 86.8 Å². The maximum atomic E-state index is 13.9. The molecule has 0 aliphatic rings. The van der Waals surface area contributed by atoms with E-state index in [4.69, 9.17) is 23.2 Å².